The van der Waals surface area contributed by atoms with E-state index in [1.165, 1.54) is 17.4 Å². The molecule has 4 rings (SSSR count). The summed E-state index contributed by atoms with van der Waals surface area (Å²) in [5.41, 5.74) is 0.214. The van der Waals surface area contributed by atoms with E-state index in [9.17, 15) is 9.59 Å². The summed E-state index contributed by atoms with van der Waals surface area (Å²) >= 11 is 1.86. The molecule has 1 aliphatic heterocycles. The minimum atomic E-state index is -0.282. The molecule has 2 heterocycles. The second kappa shape index (κ2) is 6.41. The van der Waals surface area contributed by atoms with Gasteiger partial charge in [0.25, 0.3) is 5.56 Å². The van der Waals surface area contributed by atoms with Gasteiger partial charge in [-0.2, -0.15) is 0 Å². The van der Waals surface area contributed by atoms with Crippen molar-refractivity contribution in [2.75, 3.05) is 20.1 Å². The number of aromatic nitrogens is 2. The standard InChI is InChI=1S/C18H23N3O2S/c1-20-8-6-13(7-9-20)24-14-4-5-16-15(10-14)17(22)21(18(23)19-16)11-12-2-3-12/h4-5,10,12-13H,2-3,6-9,11H2,1H3,(H,19,23). The first-order valence-corrected chi connectivity index (χ1v) is 9.60. The average Bonchev–Trinajstić information content (AvgIpc) is 3.38. The van der Waals surface area contributed by atoms with Crippen molar-refractivity contribution in [3.8, 4) is 0 Å². The molecule has 0 atom stereocenters. The fraction of sp³-hybridized carbons (Fsp3) is 0.556. The van der Waals surface area contributed by atoms with Gasteiger partial charge in [-0.25, -0.2) is 4.79 Å². The third-order valence-corrected chi connectivity index (χ3v) is 6.39. The van der Waals surface area contributed by atoms with Crippen LogP contribution >= 0.6 is 11.8 Å². The quantitative estimate of drug-likeness (QED) is 0.924. The summed E-state index contributed by atoms with van der Waals surface area (Å²) in [4.78, 5) is 31.2. The van der Waals surface area contributed by atoms with Crippen molar-refractivity contribution in [1.29, 1.82) is 0 Å². The third kappa shape index (κ3) is 3.30. The van der Waals surface area contributed by atoms with E-state index in [-0.39, 0.29) is 11.2 Å². The molecule has 6 heteroatoms. The average molecular weight is 345 g/mol. The number of aromatic amines is 1. The van der Waals surface area contributed by atoms with Gasteiger partial charge in [-0.15, -0.1) is 11.8 Å². The van der Waals surface area contributed by atoms with Gasteiger partial charge in [0.2, 0.25) is 0 Å². The van der Waals surface area contributed by atoms with Crippen LogP contribution in [0.1, 0.15) is 25.7 Å². The molecular formula is C18H23N3O2S. The Morgan fingerprint density at radius 2 is 1.92 bits per heavy atom. The molecule has 1 N–H and O–H groups in total. The van der Waals surface area contributed by atoms with Crippen LogP contribution in [0, 0.1) is 5.92 Å². The predicted molar refractivity (Wildman–Crippen MR) is 97.9 cm³/mol. The summed E-state index contributed by atoms with van der Waals surface area (Å²) < 4.78 is 1.38. The second-order valence-corrected chi connectivity index (χ2v) is 8.49. The molecular weight excluding hydrogens is 322 g/mol. The topological polar surface area (TPSA) is 58.1 Å². The molecule has 5 nitrogen and oxygen atoms in total. The van der Waals surface area contributed by atoms with Crippen LogP contribution in [0.5, 0.6) is 0 Å². The van der Waals surface area contributed by atoms with E-state index in [4.69, 9.17) is 0 Å². The number of likely N-dealkylation sites (tertiary alicyclic amines) is 1. The third-order valence-electron chi connectivity index (χ3n) is 5.06. The summed E-state index contributed by atoms with van der Waals surface area (Å²) in [6.07, 6.45) is 4.60. The molecule has 0 spiro atoms. The Hall–Kier alpha value is -1.53. The van der Waals surface area contributed by atoms with E-state index in [1.54, 1.807) is 0 Å². The first kappa shape index (κ1) is 16.0. The molecule has 1 aliphatic carbocycles. The van der Waals surface area contributed by atoms with Crippen LogP contribution in [-0.2, 0) is 6.54 Å². The number of nitrogens with zero attached hydrogens (tertiary/aromatic N) is 2. The maximum Gasteiger partial charge on any atom is 0.328 e. The van der Waals surface area contributed by atoms with Crippen LogP contribution in [0.25, 0.3) is 10.9 Å². The highest BCUT2D eigenvalue weighted by atomic mass is 32.2. The van der Waals surface area contributed by atoms with Crippen molar-refractivity contribution < 1.29 is 0 Å². The Balaban J connectivity index is 1.63. The molecule has 1 saturated carbocycles. The number of fused-ring (bicyclic) bond motifs is 1. The van der Waals surface area contributed by atoms with Gasteiger partial charge >= 0.3 is 5.69 Å². The van der Waals surface area contributed by atoms with Crippen molar-refractivity contribution >= 4 is 22.7 Å². The molecule has 0 bridgehead atoms. The Bertz CT molecular complexity index is 861. The lowest BCUT2D eigenvalue weighted by molar-refractivity contribution is 0.282. The van der Waals surface area contributed by atoms with Crippen LogP contribution in [-0.4, -0.2) is 39.8 Å². The number of H-pyrrole nitrogens is 1. The molecule has 0 amide bonds. The van der Waals surface area contributed by atoms with Crippen LogP contribution in [0.3, 0.4) is 0 Å². The van der Waals surface area contributed by atoms with Crippen molar-refractivity contribution in [3.05, 3.63) is 39.0 Å². The van der Waals surface area contributed by atoms with Gasteiger partial charge in [-0.3, -0.25) is 9.36 Å². The highest BCUT2D eigenvalue weighted by Gasteiger charge is 2.24. The minimum Gasteiger partial charge on any atom is -0.307 e. The lowest BCUT2D eigenvalue weighted by Gasteiger charge is -2.28. The largest absolute Gasteiger partial charge is 0.328 e. The number of rotatable bonds is 4. The lowest BCUT2D eigenvalue weighted by Crippen LogP contribution is -2.35. The van der Waals surface area contributed by atoms with Gasteiger partial charge < -0.3 is 9.88 Å². The summed E-state index contributed by atoms with van der Waals surface area (Å²) in [6.45, 7) is 2.82. The molecule has 1 saturated heterocycles. The first-order valence-electron chi connectivity index (χ1n) is 8.72. The van der Waals surface area contributed by atoms with Gasteiger partial charge in [0.15, 0.2) is 0 Å². The number of hydrogen-bond donors (Lipinski definition) is 1. The molecule has 2 fully saturated rings. The maximum atomic E-state index is 12.7. The number of benzene rings is 1. The zero-order valence-corrected chi connectivity index (χ0v) is 14.8. The lowest BCUT2D eigenvalue weighted by atomic mass is 10.1. The predicted octanol–water partition coefficient (Wildman–Crippen LogP) is 2.29. The zero-order valence-electron chi connectivity index (χ0n) is 14.0. The highest BCUT2D eigenvalue weighted by molar-refractivity contribution is 8.00. The number of hydrogen-bond acceptors (Lipinski definition) is 4. The van der Waals surface area contributed by atoms with Crippen molar-refractivity contribution in [2.24, 2.45) is 5.92 Å². The minimum absolute atomic E-state index is 0.147. The summed E-state index contributed by atoms with van der Waals surface area (Å²) in [5, 5.41) is 1.24. The van der Waals surface area contributed by atoms with Gasteiger partial charge in [0, 0.05) is 16.7 Å². The van der Waals surface area contributed by atoms with E-state index in [0.29, 0.717) is 28.6 Å². The van der Waals surface area contributed by atoms with Crippen molar-refractivity contribution in [1.82, 2.24) is 14.5 Å². The van der Waals surface area contributed by atoms with Crippen LogP contribution in [0.4, 0.5) is 0 Å². The van der Waals surface area contributed by atoms with Gasteiger partial charge in [-0.1, -0.05) is 0 Å². The summed E-state index contributed by atoms with van der Waals surface area (Å²) in [7, 11) is 2.16. The van der Waals surface area contributed by atoms with Crippen molar-refractivity contribution in [3.63, 3.8) is 0 Å². The smallest absolute Gasteiger partial charge is 0.307 e. The normalized spacial score (nSPS) is 19.9. The Labute approximate surface area is 145 Å². The molecule has 2 aromatic rings. The monoisotopic (exact) mass is 345 g/mol. The van der Waals surface area contributed by atoms with Crippen molar-refractivity contribution in [2.45, 2.75) is 42.4 Å². The molecule has 0 radical (unpaired) electrons. The maximum absolute atomic E-state index is 12.7. The molecule has 24 heavy (non-hydrogen) atoms. The van der Waals surface area contributed by atoms with E-state index in [1.807, 2.05) is 30.0 Å². The zero-order chi connectivity index (χ0) is 16.7. The Morgan fingerprint density at radius 3 is 2.62 bits per heavy atom. The Kier molecular flexibility index (Phi) is 4.26. The molecule has 128 valence electrons. The molecule has 2 aliphatic rings. The van der Waals surface area contributed by atoms with Crippen LogP contribution < -0.4 is 11.2 Å². The number of thioether (sulfide) groups is 1. The van der Waals surface area contributed by atoms with Crippen LogP contribution in [0.2, 0.25) is 0 Å². The van der Waals surface area contributed by atoms with E-state index < -0.39 is 0 Å². The molecule has 1 aromatic heterocycles. The summed E-state index contributed by atoms with van der Waals surface area (Å²) in [6, 6.07) is 5.85. The number of piperidine rings is 1. The van der Waals surface area contributed by atoms with E-state index in [0.717, 1.165) is 30.8 Å². The van der Waals surface area contributed by atoms with Gasteiger partial charge in [0.1, 0.15) is 0 Å². The fourth-order valence-corrected chi connectivity index (χ4v) is 4.49. The fourth-order valence-electron chi connectivity index (χ4n) is 3.32. The summed E-state index contributed by atoms with van der Waals surface area (Å²) in [5.74, 6) is 0.498. The molecule has 1 aromatic carbocycles. The molecule has 0 unspecified atom stereocenters. The van der Waals surface area contributed by atoms with Crippen LogP contribution in [0.15, 0.2) is 32.7 Å². The highest BCUT2D eigenvalue weighted by Crippen LogP contribution is 2.31. The number of nitrogens with one attached hydrogen (secondary N) is 1. The van der Waals surface area contributed by atoms with Gasteiger partial charge in [0.05, 0.1) is 10.9 Å². The first-order chi connectivity index (χ1) is 11.6. The van der Waals surface area contributed by atoms with E-state index in [2.05, 4.69) is 16.9 Å². The Morgan fingerprint density at radius 1 is 1.17 bits per heavy atom. The SMILES string of the molecule is CN1CCC(Sc2ccc3[nH]c(=O)n(CC4CC4)c(=O)c3c2)CC1. The van der Waals surface area contributed by atoms with E-state index >= 15 is 0 Å². The van der Waals surface area contributed by atoms with Gasteiger partial charge in [-0.05, 0) is 69.9 Å². The second-order valence-electron chi connectivity index (χ2n) is 7.12.